The number of rotatable bonds is 8. The molecule has 0 rings (SSSR count). The van der Waals surface area contributed by atoms with Crippen LogP contribution < -0.4 is 0 Å². The summed E-state index contributed by atoms with van der Waals surface area (Å²) >= 11 is 2.72. The summed E-state index contributed by atoms with van der Waals surface area (Å²) in [5, 5.41) is 0. The van der Waals surface area contributed by atoms with Crippen molar-refractivity contribution in [2.24, 2.45) is 0 Å². The van der Waals surface area contributed by atoms with Crippen LogP contribution >= 0.6 is 15.9 Å². The van der Waals surface area contributed by atoms with Gasteiger partial charge in [0.1, 0.15) is 0 Å². The number of carbonyl (C=O) groups excluding carboxylic acids is 1. The molecule has 0 radical (unpaired) electrons. The number of halogens is 1. The molecule has 0 aromatic heterocycles. The Morgan fingerprint density at radius 1 is 1.08 bits per heavy atom. The Labute approximate surface area is 89.2 Å². The predicted octanol–water partition coefficient (Wildman–Crippen LogP) is 4.27. The summed E-state index contributed by atoms with van der Waals surface area (Å²) in [6, 6.07) is 0. The van der Waals surface area contributed by atoms with E-state index in [4.69, 9.17) is 4.74 Å². The summed E-state index contributed by atoms with van der Waals surface area (Å²) in [4.78, 5) is 9.96. The number of carbonyl (C=O) groups is 1. The molecule has 0 unspecified atom stereocenters. The second kappa shape index (κ2) is 10.0. The van der Waals surface area contributed by atoms with Crippen molar-refractivity contribution in [3.05, 3.63) is 0 Å². The van der Waals surface area contributed by atoms with Crippen LogP contribution in [0.15, 0.2) is 0 Å². The first kappa shape index (κ1) is 12.9. The SMILES string of the molecule is CCCCCCCCCOC(=O)Br. The van der Waals surface area contributed by atoms with Crippen LogP contribution in [-0.2, 0) is 4.74 Å². The van der Waals surface area contributed by atoms with E-state index in [9.17, 15) is 4.79 Å². The summed E-state index contributed by atoms with van der Waals surface area (Å²) in [7, 11) is 0. The van der Waals surface area contributed by atoms with Gasteiger partial charge in [-0.1, -0.05) is 45.4 Å². The van der Waals surface area contributed by atoms with Crippen molar-refractivity contribution in [2.75, 3.05) is 6.61 Å². The zero-order chi connectivity index (χ0) is 9.94. The van der Waals surface area contributed by atoms with Gasteiger partial charge >= 0.3 is 4.88 Å². The third-order valence-electron chi connectivity index (χ3n) is 1.96. The van der Waals surface area contributed by atoms with Crippen LogP contribution in [0.3, 0.4) is 0 Å². The van der Waals surface area contributed by atoms with Crippen molar-refractivity contribution >= 4 is 20.8 Å². The summed E-state index contributed by atoms with van der Waals surface area (Å²) in [6.07, 6.45) is 8.72. The average Bonchev–Trinajstić information content (AvgIpc) is 2.09. The minimum absolute atomic E-state index is 0.349. The molecule has 2 nitrogen and oxygen atoms in total. The van der Waals surface area contributed by atoms with E-state index in [1.807, 2.05) is 0 Å². The fraction of sp³-hybridized carbons (Fsp3) is 0.900. The molecule has 0 amide bonds. The third kappa shape index (κ3) is 12.0. The van der Waals surface area contributed by atoms with Crippen LogP contribution in [0.4, 0.5) is 4.79 Å². The van der Waals surface area contributed by atoms with E-state index in [-0.39, 0.29) is 4.88 Å². The smallest absolute Gasteiger partial charge is 0.374 e. The van der Waals surface area contributed by atoms with E-state index >= 15 is 0 Å². The highest BCUT2D eigenvalue weighted by atomic mass is 79.9. The Hall–Kier alpha value is -0.0500. The Morgan fingerprint density at radius 2 is 1.62 bits per heavy atom. The molecule has 0 aliphatic rings. The molecule has 0 bridgehead atoms. The molecule has 0 aliphatic heterocycles. The minimum Gasteiger partial charge on any atom is -0.457 e. The Bertz CT molecular complexity index is 126. The first-order valence-corrected chi connectivity index (χ1v) is 5.89. The maximum Gasteiger partial charge on any atom is 0.374 e. The highest BCUT2D eigenvalue weighted by molar-refractivity contribution is 9.18. The van der Waals surface area contributed by atoms with Gasteiger partial charge in [0.05, 0.1) is 6.61 Å². The zero-order valence-electron chi connectivity index (χ0n) is 8.35. The van der Waals surface area contributed by atoms with Crippen molar-refractivity contribution < 1.29 is 9.53 Å². The summed E-state index contributed by atoms with van der Waals surface area (Å²) in [6.45, 7) is 2.77. The normalized spacial score (nSPS) is 10.0. The molecule has 78 valence electrons. The molecular weight excluding hydrogens is 232 g/mol. The average molecular weight is 251 g/mol. The van der Waals surface area contributed by atoms with Crippen molar-refractivity contribution in [1.29, 1.82) is 0 Å². The van der Waals surface area contributed by atoms with Gasteiger partial charge in [0.25, 0.3) is 0 Å². The predicted molar refractivity (Wildman–Crippen MR) is 58.3 cm³/mol. The lowest BCUT2D eigenvalue weighted by atomic mass is 10.1. The van der Waals surface area contributed by atoms with Crippen molar-refractivity contribution in [2.45, 2.75) is 51.9 Å². The Morgan fingerprint density at radius 3 is 2.15 bits per heavy atom. The van der Waals surface area contributed by atoms with Crippen LogP contribution in [0, 0.1) is 0 Å². The quantitative estimate of drug-likeness (QED) is 0.475. The van der Waals surface area contributed by atoms with Crippen LogP contribution in [0.2, 0.25) is 0 Å². The highest BCUT2D eigenvalue weighted by Crippen LogP contribution is 2.07. The van der Waals surface area contributed by atoms with Gasteiger partial charge in [-0.25, -0.2) is 4.79 Å². The van der Waals surface area contributed by atoms with Gasteiger partial charge in [-0.15, -0.1) is 0 Å². The molecule has 13 heavy (non-hydrogen) atoms. The van der Waals surface area contributed by atoms with E-state index in [1.165, 1.54) is 38.5 Å². The zero-order valence-corrected chi connectivity index (χ0v) is 9.94. The molecule has 0 aromatic carbocycles. The molecule has 0 heterocycles. The van der Waals surface area contributed by atoms with Crippen LogP contribution in [-0.4, -0.2) is 11.5 Å². The molecule has 0 aromatic rings. The van der Waals surface area contributed by atoms with Crippen LogP contribution in [0.1, 0.15) is 51.9 Å². The number of unbranched alkanes of at least 4 members (excludes halogenated alkanes) is 6. The molecule has 0 atom stereocenters. The molecule has 0 fully saturated rings. The summed E-state index contributed by atoms with van der Waals surface area (Å²) in [5.41, 5.74) is 0. The molecule has 0 aliphatic carbocycles. The van der Waals surface area contributed by atoms with Crippen LogP contribution in [0.25, 0.3) is 0 Å². The van der Waals surface area contributed by atoms with Gasteiger partial charge in [-0.3, -0.25) is 0 Å². The van der Waals surface area contributed by atoms with E-state index < -0.39 is 0 Å². The summed E-state index contributed by atoms with van der Waals surface area (Å²) in [5.74, 6) is 0. The van der Waals surface area contributed by atoms with Gasteiger partial charge < -0.3 is 4.74 Å². The lowest BCUT2D eigenvalue weighted by Gasteiger charge is -2.01. The molecule has 0 N–H and O–H groups in total. The van der Waals surface area contributed by atoms with E-state index in [1.54, 1.807) is 0 Å². The fourth-order valence-corrected chi connectivity index (χ4v) is 1.37. The standard InChI is InChI=1S/C10H19BrO2/c1-2-3-4-5-6-7-8-9-13-10(11)12/h2-9H2,1H3. The number of hydrogen-bond acceptors (Lipinski definition) is 2. The minimum atomic E-state index is -0.349. The number of ether oxygens (including phenoxy) is 1. The van der Waals surface area contributed by atoms with E-state index in [0.29, 0.717) is 6.61 Å². The fourth-order valence-electron chi connectivity index (χ4n) is 1.21. The van der Waals surface area contributed by atoms with Crippen molar-refractivity contribution in [3.8, 4) is 0 Å². The molecule has 0 spiro atoms. The van der Waals surface area contributed by atoms with E-state index in [0.717, 1.165) is 6.42 Å². The second-order valence-corrected chi connectivity index (χ2v) is 3.85. The van der Waals surface area contributed by atoms with Crippen molar-refractivity contribution in [3.63, 3.8) is 0 Å². The maximum absolute atomic E-state index is 10.3. The van der Waals surface area contributed by atoms with Gasteiger partial charge in [-0.05, 0) is 6.42 Å². The second-order valence-electron chi connectivity index (χ2n) is 3.21. The van der Waals surface area contributed by atoms with Gasteiger partial charge in [-0.2, -0.15) is 0 Å². The third-order valence-corrected chi connectivity index (χ3v) is 2.19. The topological polar surface area (TPSA) is 26.3 Å². The Kier molecular flexibility index (Phi) is 10.00. The molecule has 0 saturated carbocycles. The van der Waals surface area contributed by atoms with Gasteiger partial charge in [0, 0.05) is 15.9 Å². The lowest BCUT2D eigenvalue weighted by molar-refractivity contribution is 0.174. The lowest BCUT2D eigenvalue weighted by Crippen LogP contribution is -1.95. The van der Waals surface area contributed by atoms with Gasteiger partial charge in [0.15, 0.2) is 0 Å². The van der Waals surface area contributed by atoms with Gasteiger partial charge in [0.2, 0.25) is 0 Å². The van der Waals surface area contributed by atoms with E-state index in [2.05, 4.69) is 22.9 Å². The van der Waals surface area contributed by atoms with Crippen molar-refractivity contribution in [1.82, 2.24) is 0 Å². The Balaban J connectivity index is 2.87. The number of hydrogen-bond donors (Lipinski definition) is 0. The highest BCUT2D eigenvalue weighted by Gasteiger charge is 1.94. The monoisotopic (exact) mass is 250 g/mol. The maximum atomic E-state index is 10.3. The summed E-state index contributed by atoms with van der Waals surface area (Å²) < 4.78 is 4.75. The van der Waals surface area contributed by atoms with Crippen LogP contribution in [0.5, 0.6) is 0 Å². The molecule has 3 heteroatoms. The first-order chi connectivity index (χ1) is 6.27. The largest absolute Gasteiger partial charge is 0.457 e. The first-order valence-electron chi connectivity index (χ1n) is 5.09. The molecule has 0 saturated heterocycles. The molecular formula is C10H19BrO2.